The predicted molar refractivity (Wildman–Crippen MR) is 136 cm³/mol. The highest BCUT2D eigenvalue weighted by molar-refractivity contribution is 6.34. The van der Waals surface area contributed by atoms with Gasteiger partial charge in [0.2, 0.25) is 0 Å². The maximum Gasteiger partial charge on any atom is 0.307 e. The van der Waals surface area contributed by atoms with Crippen LogP contribution in [-0.4, -0.2) is 42.7 Å². The second-order valence-corrected chi connectivity index (χ2v) is 12.0. The summed E-state index contributed by atoms with van der Waals surface area (Å²) in [5.74, 6) is 1.90. The number of piperidine rings is 1. The lowest BCUT2D eigenvalue weighted by Crippen LogP contribution is -2.44. The average Bonchev–Trinajstić information content (AvgIpc) is 3.49. The lowest BCUT2D eigenvalue weighted by atomic mass is 9.74. The molecular weight excluding hydrogens is 469 g/mol. The van der Waals surface area contributed by atoms with Crippen LogP contribution in [0.15, 0.2) is 36.4 Å². The normalized spacial score (nSPS) is 23.4. The molecule has 1 aliphatic carbocycles. The van der Waals surface area contributed by atoms with Gasteiger partial charge in [-0.05, 0) is 100 Å². The number of likely N-dealkylation sites (tertiary alicyclic amines) is 1. The molecule has 182 valence electrons. The molecule has 0 radical (unpaired) electrons. The van der Waals surface area contributed by atoms with E-state index in [0.717, 1.165) is 51.3 Å². The Hall–Kier alpha value is -1.75. The first kappa shape index (κ1) is 24.0. The molecular formula is C28H33Cl2NO3. The van der Waals surface area contributed by atoms with Crippen LogP contribution in [0.2, 0.25) is 10.0 Å². The SMILES string of the molecule is CC(C)(C)OC(=O)CCN1CCC2(CC1)COc1cc(C3CC3c3cc(Cl)cc(Cl)c3)ccc12. The molecule has 2 aromatic rings. The zero-order valence-corrected chi connectivity index (χ0v) is 21.7. The largest absolute Gasteiger partial charge is 0.492 e. The second kappa shape index (κ2) is 9.04. The third-order valence-corrected chi connectivity index (χ3v) is 7.91. The number of rotatable bonds is 5. The Labute approximate surface area is 212 Å². The van der Waals surface area contributed by atoms with E-state index in [-0.39, 0.29) is 11.4 Å². The first-order chi connectivity index (χ1) is 16.1. The van der Waals surface area contributed by atoms with Crippen LogP contribution in [0.25, 0.3) is 0 Å². The van der Waals surface area contributed by atoms with Gasteiger partial charge in [-0.1, -0.05) is 35.3 Å². The molecule has 0 N–H and O–H groups in total. The van der Waals surface area contributed by atoms with Crippen molar-refractivity contribution in [3.05, 3.63) is 63.1 Å². The molecule has 5 rings (SSSR count). The van der Waals surface area contributed by atoms with Gasteiger partial charge in [0.1, 0.15) is 11.4 Å². The zero-order chi connectivity index (χ0) is 24.1. The highest BCUT2D eigenvalue weighted by Crippen LogP contribution is 2.57. The second-order valence-electron chi connectivity index (χ2n) is 11.2. The quantitative estimate of drug-likeness (QED) is 0.426. The summed E-state index contributed by atoms with van der Waals surface area (Å²) in [4.78, 5) is 14.5. The Bertz CT molecular complexity index is 1070. The van der Waals surface area contributed by atoms with Crippen LogP contribution in [0.1, 0.15) is 75.0 Å². The first-order valence-electron chi connectivity index (χ1n) is 12.3. The Morgan fingerprint density at radius 1 is 1.06 bits per heavy atom. The highest BCUT2D eigenvalue weighted by Gasteiger charge is 2.45. The average molecular weight is 502 g/mol. The topological polar surface area (TPSA) is 38.8 Å². The minimum atomic E-state index is -0.422. The number of carbonyl (C=O) groups is 1. The van der Waals surface area contributed by atoms with Gasteiger partial charge >= 0.3 is 5.97 Å². The van der Waals surface area contributed by atoms with Crippen molar-refractivity contribution in [1.29, 1.82) is 0 Å². The summed E-state index contributed by atoms with van der Waals surface area (Å²) in [5, 5.41) is 1.40. The summed E-state index contributed by atoms with van der Waals surface area (Å²) in [5.41, 5.74) is 3.59. The van der Waals surface area contributed by atoms with Gasteiger partial charge in [0, 0.05) is 27.6 Å². The van der Waals surface area contributed by atoms with E-state index in [0.29, 0.717) is 28.3 Å². The number of ether oxygens (including phenoxy) is 2. The standard InChI is InChI=1S/C28H33Cl2NO3/c1-27(2,3)34-26(32)6-9-31-10-7-28(8-11-31)17-33-25-14-18(4-5-24(25)28)22-16-23(22)19-12-20(29)15-21(30)13-19/h4-5,12-15,22-23H,6-11,16-17H2,1-3H3. The van der Waals surface area contributed by atoms with E-state index in [4.69, 9.17) is 32.7 Å². The van der Waals surface area contributed by atoms with Crippen molar-refractivity contribution in [2.75, 3.05) is 26.2 Å². The molecule has 6 heteroatoms. The minimum absolute atomic E-state index is 0.0969. The molecule has 1 spiro atoms. The minimum Gasteiger partial charge on any atom is -0.492 e. The van der Waals surface area contributed by atoms with Crippen LogP contribution >= 0.6 is 23.2 Å². The predicted octanol–water partition coefficient (Wildman–Crippen LogP) is 6.72. The van der Waals surface area contributed by atoms with Gasteiger partial charge in [-0.15, -0.1) is 0 Å². The molecule has 4 nitrogen and oxygen atoms in total. The van der Waals surface area contributed by atoms with E-state index in [1.807, 2.05) is 32.9 Å². The maximum absolute atomic E-state index is 12.1. The Balaban J connectivity index is 1.19. The van der Waals surface area contributed by atoms with E-state index in [1.165, 1.54) is 16.7 Å². The fourth-order valence-electron chi connectivity index (χ4n) is 5.60. The van der Waals surface area contributed by atoms with Crippen LogP contribution in [-0.2, 0) is 14.9 Å². The summed E-state index contributed by atoms with van der Waals surface area (Å²) < 4.78 is 11.7. The molecule has 2 aromatic carbocycles. The molecule has 2 aliphatic heterocycles. The van der Waals surface area contributed by atoms with Gasteiger partial charge in [0.25, 0.3) is 0 Å². The molecule has 3 aliphatic rings. The van der Waals surface area contributed by atoms with Gasteiger partial charge in [-0.2, -0.15) is 0 Å². The number of fused-ring (bicyclic) bond motifs is 2. The van der Waals surface area contributed by atoms with Crippen molar-refractivity contribution in [2.45, 2.75) is 69.3 Å². The van der Waals surface area contributed by atoms with Crippen LogP contribution in [0, 0.1) is 0 Å². The van der Waals surface area contributed by atoms with E-state index in [1.54, 1.807) is 6.07 Å². The summed E-state index contributed by atoms with van der Waals surface area (Å²) in [6, 6.07) is 12.7. The molecule has 2 heterocycles. The smallest absolute Gasteiger partial charge is 0.307 e. The number of nitrogens with zero attached hydrogens (tertiary/aromatic N) is 1. The van der Waals surface area contributed by atoms with Gasteiger partial charge in [0.15, 0.2) is 0 Å². The van der Waals surface area contributed by atoms with Crippen molar-refractivity contribution in [1.82, 2.24) is 4.90 Å². The number of halogens is 2. The van der Waals surface area contributed by atoms with E-state index in [9.17, 15) is 4.79 Å². The summed E-state index contributed by atoms with van der Waals surface area (Å²) >= 11 is 12.4. The highest BCUT2D eigenvalue weighted by atomic mass is 35.5. The number of carbonyl (C=O) groups excluding carboxylic acids is 1. The van der Waals surface area contributed by atoms with E-state index in [2.05, 4.69) is 23.1 Å². The van der Waals surface area contributed by atoms with Gasteiger partial charge in [0.05, 0.1) is 13.0 Å². The van der Waals surface area contributed by atoms with Crippen molar-refractivity contribution in [2.24, 2.45) is 0 Å². The summed E-state index contributed by atoms with van der Waals surface area (Å²) in [6.07, 6.45) is 3.68. The molecule has 34 heavy (non-hydrogen) atoms. The van der Waals surface area contributed by atoms with Gasteiger partial charge < -0.3 is 14.4 Å². The Kier molecular flexibility index (Phi) is 6.37. The van der Waals surface area contributed by atoms with Crippen molar-refractivity contribution >= 4 is 29.2 Å². The number of benzene rings is 2. The third kappa shape index (κ3) is 5.10. The maximum atomic E-state index is 12.1. The van der Waals surface area contributed by atoms with E-state index < -0.39 is 5.60 Å². The van der Waals surface area contributed by atoms with Crippen LogP contribution in [0.5, 0.6) is 5.75 Å². The summed E-state index contributed by atoms with van der Waals surface area (Å²) in [6.45, 7) is 9.21. The molecule has 2 fully saturated rings. The van der Waals surface area contributed by atoms with Gasteiger partial charge in [-0.3, -0.25) is 4.79 Å². The molecule has 2 atom stereocenters. The van der Waals surface area contributed by atoms with Crippen molar-refractivity contribution in [3.63, 3.8) is 0 Å². The van der Waals surface area contributed by atoms with Crippen molar-refractivity contribution < 1.29 is 14.3 Å². The van der Waals surface area contributed by atoms with Crippen LogP contribution < -0.4 is 4.74 Å². The Morgan fingerprint density at radius 3 is 2.41 bits per heavy atom. The zero-order valence-electron chi connectivity index (χ0n) is 20.2. The molecule has 0 amide bonds. The lowest BCUT2D eigenvalue weighted by molar-refractivity contribution is -0.155. The summed E-state index contributed by atoms with van der Waals surface area (Å²) in [7, 11) is 0. The van der Waals surface area contributed by atoms with Crippen molar-refractivity contribution in [3.8, 4) is 5.75 Å². The first-order valence-corrected chi connectivity index (χ1v) is 13.0. The molecule has 1 saturated heterocycles. The number of esters is 1. The number of hydrogen-bond acceptors (Lipinski definition) is 4. The molecule has 0 aromatic heterocycles. The van der Waals surface area contributed by atoms with Crippen LogP contribution in [0.3, 0.4) is 0 Å². The third-order valence-electron chi connectivity index (χ3n) is 7.48. The Morgan fingerprint density at radius 2 is 1.74 bits per heavy atom. The molecule has 1 saturated carbocycles. The molecule has 0 bridgehead atoms. The van der Waals surface area contributed by atoms with Crippen LogP contribution in [0.4, 0.5) is 0 Å². The fourth-order valence-corrected chi connectivity index (χ4v) is 6.14. The molecule has 2 unspecified atom stereocenters. The monoisotopic (exact) mass is 501 g/mol. The fraction of sp³-hybridized carbons (Fsp3) is 0.536. The lowest BCUT2D eigenvalue weighted by Gasteiger charge is -2.38. The number of hydrogen-bond donors (Lipinski definition) is 0. The van der Waals surface area contributed by atoms with E-state index >= 15 is 0 Å². The van der Waals surface area contributed by atoms with Gasteiger partial charge in [-0.25, -0.2) is 0 Å².